The lowest BCUT2D eigenvalue weighted by molar-refractivity contribution is 0.224. The summed E-state index contributed by atoms with van der Waals surface area (Å²) in [6.45, 7) is 11.1. The van der Waals surface area contributed by atoms with E-state index in [2.05, 4.69) is 29.4 Å². The first-order valence-corrected chi connectivity index (χ1v) is 10.7. The summed E-state index contributed by atoms with van der Waals surface area (Å²) in [7, 11) is 0. The maximum absolute atomic E-state index is 9.17. The number of piperidine rings is 1. The first-order chi connectivity index (χ1) is 12.3. The fourth-order valence-corrected chi connectivity index (χ4v) is 3.51. The Morgan fingerprint density at radius 3 is 2.52 bits per heavy atom. The van der Waals surface area contributed by atoms with Crippen LogP contribution in [0.15, 0.2) is 4.99 Å². The van der Waals surface area contributed by atoms with Crippen molar-refractivity contribution in [2.45, 2.75) is 71.6 Å². The van der Waals surface area contributed by atoms with Gasteiger partial charge < -0.3 is 20.6 Å². The molecular weight excluding hydrogens is 312 g/mol. The second-order valence-electron chi connectivity index (χ2n) is 7.28. The lowest BCUT2D eigenvalue weighted by atomic mass is 10.0. The van der Waals surface area contributed by atoms with Crippen molar-refractivity contribution in [3.05, 3.63) is 0 Å². The molecule has 1 heterocycles. The number of nitrogens with one attached hydrogen (secondary N) is 2. The fourth-order valence-electron chi connectivity index (χ4n) is 3.51. The first kappa shape index (κ1) is 22.2. The molecule has 5 heteroatoms. The highest BCUT2D eigenvalue weighted by atomic mass is 16.3. The number of aliphatic hydroxyl groups is 1. The third-order valence-corrected chi connectivity index (χ3v) is 4.98. The molecular formula is C20H42N4O. The van der Waals surface area contributed by atoms with E-state index < -0.39 is 0 Å². The molecule has 3 N–H and O–H groups in total. The first-order valence-electron chi connectivity index (χ1n) is 10.7. The minimum Gasteiger partial charge on any atom is -0.396 e. The Kier molecular flexibility index (Phi) is 13.7. The van der Waals surface area contributed by atoms with E-state index in [1.165, 1.54) is 58.2 Å². The fraction of sp³-hybridized carbons (Fsp3) is 0.950. The summed E-state index contributed by atoms with van der Waals surface area (Å²) in [5.74, 6) is 1.42. The molecule has 0 aliphatic carbocycles. The van der Waals surface area contributed by atoms with Gasteiger partial charge in [-0.05, 0) is 71.0 Å². The summed E-state index contributed by atoms with van der Waals surface area (Å²) in [6, 6.07) is 0. The maximum atomic E-state index is 9.17. The number of aliphatic imine (C=N–C) groups is 1. The molecule has 1 fully saturated rings. The summed E-state index contributed by atoms with van der Waals surface area (Å²) >= 11 is 0. The van der Waals surface area contributed by atoms with Gasteiger partial charge in [-0.3, -0.25) is 4.99 Å². The van der Waals surface area contributed by atoms with Crippen molar-refractivity contribution < 1.29 is 5.11 Å². The number of likely N-dealkylation sites (tertiary alicyclic amines) is 1. The second-order valence-corrected chi connectivity index (χ2v) is 7.28. The Hall–Kier alpha value is -0.810. The van der Waals surface area contributed by atoms with E-state index in [4.69, 9.17) is 10.1 Å². The Labute approximate surface area is 155 Å². The van der Waals surface area contributed by atoms with Gasteiger partial charge in [-0.2, -0.15) is 0 Å². The predicted octanol–water partition coefficient (Wildman–Crippen LogP) is 3.00. The van der Waals surface area contributed by atoms with Crippen LogP contribution in [0.3, 0.4) is 0 Å². The van der Waals surface area contributed by atoms with Crippen molar-refractivity contribution >= 4 is 5.96 Å². The van der Waals surface area contributed by atoms with Gasteiger partial charge in [0.25, 0.3) is 0 Å². The Bertz CT molecular complexity index is 324. The maximum Gasteiger partial charge on any atom is 0.191 e. The zero-order valence-corrected chi connectivity index (χ0v) is 16.7. The van der Waals surface area contributed by atoms with Crippen LogP contribution in [0.1, 0.15) is 71.6 Å². The van der Waals surface area contributed by atoms with E-state index in [0.29, 0.717) is 5.92 Å². The van der Waals surface area contributed by atoms with E-state index >= 15 is 0 Å². The molecule has 0 spiro atoms. The van der Waals surface area contributed by atoms with E-state index in [9.17, 15) is 0 Å². The van der Waals surface area contributed by atoms with E-state index in [1.54, 1.807) is 0 Å². The van der Waals surface area contributed by atoms with Crippen LogP contribution in [0.25, 0.3) is 0 Å². The topological polar surface area (TPSA) is 59.9 Å². The second kappa shape index (κ2) is 15.4. The molecule has 0 saturated carbocycles. The quantitative estimate of drug-likeness (QED) is 0.270. The highest BCUT2D eigenvalue weighted by Gasteiger charge is 2.09. The summed E-state index contributed by atoms with van der Waals surface area (Å²) in [4.78, 5) is 7.34. The average Bonchev–Trinajstić information content (AvgIpc) is 2.63. The number of nitrogens with zero attached hydrogens (tertiary/aromatic N) is 2. The van der Waals surface area contributed by atoms with Crippen molar-refractivity contribution in [1.29, 1.82) is 0 Å². The molecule has 1 unspecified atom stereocenters. The van der Waals surface area contributed by atoms with Crippen LogP contribution in [0.4, 0.5) is 0 Å². The van der Waals surface area contributed by atoms with Gasteiger partial charge in [-0.1, -0.05) is 26.2 Å². The molecule has 1 aliphatic rings. The minimum atomic E-state index is 0.265. The van der Waals surface area contributed by atoms with Crippen LogP contribution >= 0.6 is 0 Å². The molecule has 0 aromatic rings. The van der Waals surface area contributed by atoms with Gasteiger partial charge in [-0.25, -0.2) is 0 Å². The Balaban J connectivity index is 2.16. The highest BCUT2D eigenvalue weighted by molar-refractivity contribution is 5.79. The molecule has 1 rings (SSSR count). The van der Waals surface area contributed by atoms with Crippen molar-refractivity contribution in [3.63, 3.8) is 0 Å². The van der Waals surface area contributed by atoms with E-state index in [0.717, 1.165) is 44.9 Å². The number of hydrogen-bond donors (Lipinski definition) is 3. The van der Waals surface area contributed by atoms with Crippen LogP contribution < -0.4 is 10.6 Å². The molecule has 0 bridgehead atoms. The molecule has 5 nitrogen and oxygen atoms in total. The van der Waals surface area contributed by atoms with Gasteiger partial charge in [0, 0.05) is 26.2 Å². The molecule has 0 radical (unpaired) electrons. The van der Waals surface area contributed by atoms with E-state index in [1.807, 2.05) is 0 Å². The summed E-state index contributed by atoms with van der Waals surface area (Å²) in [6.07, 6.45) is 11.1. The summed E-state index contributed by atoms with van der Waals surface area (Å²) in [5, 5.41) is 16.0. The number of hydrogen-bond acceptors (Lipinski definition) is 3. The van der Waals surface area contributed by atoms with Gasteiger partial charge in [0.2, 0.25) is 0 Å². The van der Waals surface area contributed by atoms with Gasteiger partial charge in [0.05, 0.1) is 0 Å². The zero-order valence-electron chi connectivity index (χ0n) is 16.7. The van der Waals surface area contributed by atoms with E-state index in [-0.39, 0.29) is 6.61 Å². The molecule has 1 aliphatic heterocycles. The average molecular weight is 355 g/mol. The number of aliphatic hydroxyl groups excluding tert-OH is 1. The zero-order chi connectivity index (χ0) is 18.2. The lowest BCUT2D eigenvalue weighted by Crippen LogP contribution is -2.38. The number of unbranched alkanes of at least 4 members (excludes halogenated alkanes) is 2. The van der Waals surface area contributed by atoms with Crippen molar-refractivity contribution in [2.75, 3.05) is 45.9 Å². The predicted molar refractivity (Wildman–Crippen MR) is 108 cm³/mol. The normalized spacial score (nSPS) is 17.5. The molecule has 1 saturated heterocycles. The number of guanidine groups is 1. The summed E-state index contributed by atoms with van der Waals surface area (Å²) in [5.41, 5.74) is 0. The standard InChI is InChI=1S/C20H42N4O/c1-3-11-19(12-17-25)18-23-20(21-4-2)22-13-7-5-8-14-24-15-9-6-10-16-24/h19,25H,3-18H2,1-2H3,(H2,21,22,23). The smallest absolute Gasteiger partial charge is 0.191 e. The minimum absolute atomic E-state index is 0.265. The number of rotatable bonds is 13. The lowest BCUT2D eigenvalue weighted by Gasteiger charge is -2.26. The third-order valence-electron chi connectivity index (χ3n) is 4.98. The third kappa shape index (κ3) is 11.4. The van der Waals surface area contributed by atoms with Crippen molar-refractivity contribution in [1.82, 2.24) is 15.5 Å². The van der Waals surface area contributed by atoms with Gasteiger partial charge in [0.1, 0.15) is 0 Å². The van der Waals surface area contributed by atoms with Gasteiger partial charge in [0.15, 0.2) is 5.96 Å². The van der Waals surface area contributed by atoms with Crippen LogP contribution in [0.5, 0.6) is 0 Å². The molecule has 0 aromatic heterocycles. The molecule has 1 atom stereocenters. The molecule has 25 heavy (non-hydrogen) atoms. The Morgan fingerprint density at radius 1 is 1.04 bits per heavy atom. The SMILES string of the molecule is CCCC(CCO)CN=C(NCC)NCCCCCN1CCCCC1. The highest BCUT2D eigenvalue weighted by Crippen LogP contribution is 2.11. The van der Waals surface area contributed by atoms with Crippen LogP contribution in [-0.2, 0) is 0 Å². The molecule has 0 amide bonds. The monoisotopic (exact) mass is 354 g/mol. The summed E-state index contributed by atoms with van der Waals surface area (Å²) < 4.78 is 0. The van der Waals surface area contributed by atoms with Gasteiger partial charge >= 0.3 is 0 Å². The van der Waals surface area contributed by atoms with Crippen molar-refractivity contribution in [3.8, 4) is 0 Å². The van der Waals surface area contributed by atoms with Gasteiger partial charge in [-0.15, -0.1) is 0 Å². The molecule has 0 aromatic carbocycles. The Morgan fingerprint density at radius 2 is 1.84 bits per heavy atom. The van der Waals surface area contributed by atoms with Crippen LogP contribution in [-0.4, -0.2) is 61.8 Å². The van der Waals surface area contributed by atoms with Crippen LogP contribution in [0, 0.1) is 5.92 Å². The molecule has 148 valence electrons. The largest absolute Gasteiger partial charge is 0.396 e. The van der Waals surface area contributed by atoms with Crippen LogP contribution in [0.2, 0.25) is 0 Å². The van der Waals surface area contributed by atoms with Crippen molar-refractivity contribution in [2.24, 2.45) is 10.9 Å².